The molecule has 0 spiro atoms. The molecule has 0 aromatic heterocycles. The van der Waals surface area contributed by atoms with E-state index < -0.39 is 0 Å². The lowest BCUT2D eigenvalue weighted by Gasteiger charge is -2.50. The Morgan fingerprint density at radius 2 is 1.51 bits per heavy atom. The summed E-state index contributed by atoms with van der Waals surface area (Å²) in [5.41, 5.74) is 5.42. The minimum absolute atomic E-state index is 0.0536. The zero-order valence-corrected chi connectivity index (χ0v) is 29.2. The highest BCUT2D eigenvalue weighted by molar-refractivity contribution is 6.03. The van der Waals surface area contributed by atoms with E-state index in [0.717, 1.165) is 57.8 Å². The van der Waals surface area contributed by atoms with E-state index in [1.807, 2.05) is 0 Å². The quantitative estimate of drug-likeness (QED) is 0.0635. The summed E-state index contributed by atoms with van der Waals surface area (Å²) in [5.74, 6) is 1.27. The smallest absolute Gasteiger partial charge is 0.327 e. The Morgan fingerprint density at radius 3 is 2.13 bits per heavy atom. The standard InChI is InChI=1S/C38H68N4O3/c1-3-5-6-7-8-9-10-11-12-13-14-15-16-17-18-25-35(43)40-34(24-19-20-26-39)30-41-31-36(44)42(37(41)45)38(4-2)28-32-22-21-23-33(27-32)29-38/h11-12,32-34H,3-10,13-31,39H2,1-2H3,(H,40,43)/b12-11+/t32-,33?,34?,38?/m0/s1. The predicted molar refractivity (Wildman–Crippen MR) is 186 cm³/mol. The summed E-state index contributed by atoms with van der Waals surface area (Å²) in [5, 5.41) is 3.23. The lowest BCUT2D eigenvalue weighted by atomic mass is 9.63. The molecule has 1 saturated heterocycles. The molecule has 3 N–H and O–H groups in total. The summed E-state index contributed by atoms with van der Waals surface area (Å²) in [6, 6.07) is -0.288. The minimum atomic E-state index is -0.334. The van der Waals surface area contributed by atoms with Crippen molar-refractivity contribution in [3.63, 3.8) is 0 Å². The summed E-state index contributed by atoms with van der Waals surface area (Å²) in [6.45, 7) is 5.56. The number of imide groups is 1. The molecule has 3 aliphatic rings. The van der Waals surface area contributed by atoms with Crippen molar-refractivity contribution in [2.75, 3.05) is 19.6 Å². The van der Waals surface area contributed by atoms with Crippen LogP contribution in [0.5, 0.6) is 0 Å². The first-order chi connectivity index (χ1) is 21.9. The highest BCUT2D eigenvalue weighted by Gasteiger charge is 2.52. The molecule has 3 unspecified atom stereocenters. The lowest BCUT2D eigenvalue weighted by molar-refractivity contribution is -0.132. The number of hydrogen-bond donors (Lipinski definition) is 2. The zero-order valence-electron chi connectivity index (χ0n) is 29.2. The normalized spacial score (nSPS) is 24.2. The van der Waals surface area contributed by atoms with Gasteiger partial charge in [0, 0.05) is 19.0 Å². The molecule has 0 aromatic carbocycles. The summed E-state index contributed by atoms with van der Waals surface area (Å²) < 4.78 is 0. The maximum absolute atomic E-state index is 13.8. The second-order valence-corrected chi connectivity index (χ2v) is 14.7. The third kappa shape index (κ3) is 12.7. The fourth-order valence-corrected chi connectivity index (χ4v) is 8.39. The van der Waals surface area contributed by atoms with Crippen LogP contribution in [-0.4, -0.2) is 58.9 Å². The van der Waals surface area contributed by atoms with E-state index in [-0.39, 0.29) is 36.0 Å². The maximum atomic E-state index is 13.8. The number of fused-ring (bicyclic) bond motifs is 2. The number of amides is 4. The number of nitrogens with one attached hydrogen (secondary N) is 1. The van der Waals surface area contributed by atoms with Crippen molar-refractivity contribution >= 4 is 17.8 Å². The van der Waals surface area contributed by atoms with E-state index in [2.05, 4.69) is 31.3 Å². The van der Waals surface area contributed by atoms with Crippen LogP contribution in [-0.2, 0) is 9.59 Å². The Hall–Kier alpha value is -1.89. The summed E-state index contributed by atoms with van der Waals surface area (Å²) >= 11 is 0. The number of urea groups is 1. The Bertz CT molecular complexity index is 893. The van der Waals surface area contributed by atoms with Crippen molar-refractivity contribution in [3.05, 3.63) is 12.2 Å². The van der Waals surface area contributed by atoms with E-state index in [4.69, 9.17) is 5.73 Å². The second-order valence-electron chi connectivity index (χ2n) is 14.7. The molecule has 3 rings (SSSR count). The molecule has 2 saturated carbocycles. The van der Waals surface area contributed by atoms with Gasteiger partial charge in [0.25, 0.3) is 5.91 Å². The van der Waals surface area contributed by atoms with Gasteiger partial charge in [-0.1, -0.05) is 103 Å². The zero-order chi connectivity index (χ0) is 32.3. The number of nitrogens with two attached hydrogens (primary N) is 1. The van der Waals surface area contributed by atoms with Gasteiger partial charge in [0.1, 0.15) is 6.54 Å². The molecule has 0 radical (unpaired) electrons. The van der Waals surface area contributed by atoms with Gasteiger partial charge >= 0.3 is 6.03 Å². The molecule has 2 aliphatic carbocycles. The molecule has 7 nitrogen and oxygen atoms in total. The lowest BCUT2D eigenvalue weighted by Crippen LogP contribution is -2.57. The van der Waals surface area contributed by atoms with E-state index in [9.17, 15) is 14.4 Å². The highest BCUT2D eigenvalue weighted by atomic mass is 16.2. The van der Waals surface area contributed by atoms with Crippen LogP contribution in [0.3, 0.4) is 0 Å². The summed E-state index contributed by atoms with van der Waals surface area (Å²) in [7, 11) is 0. The maximum Gasteiger partial charge on any atom is 0.327 e. The number of allylic oxidation sites excluding steroid dienone is 2. The molecule has 1 aliphatic heterocycles. The molecule has 3 fully saturated rings. The highest BCUT2D eigenvalue weighted by Crippen LogP contribution is 2.49. The van der Waals surface area contributed by atoms with Crippen molar-refractivity contribution in [2.45, 2.75) is 180 Å². The fraction of sp³-hybridized carbons (Fsp3) is 0.868. The molecule has 2 bridgehead atoms. The van der Waals surface area contributed by atoms with Crippen molar-refractivity contribution in [1.29, 1.82) is 0 Å². The molecule has 45 heavy (non-hydrogen) atoms. The molecule has 0 aromatic rings. The SMILES string of the molecule is CCCCCCCC/C=C/CCCCCCCC(=O)NC(CCCCN)CN1CC(=O)N(C2(CC)CC3CCC[C@@H](C3)C2)C1=O. The van der Waals surface area contributed by atoms with Crippen molar-refractivity contribution in [1.82, 2.24) is 15.1 Å². The molecule has 1 heterocycles. The first kappa shape index (κ1) is 37.6. The fourth-order valence-electron chi connectivity index (χ4n) is 8.39. The van der Waals surface area contributed by atoms with Crippen LogP contribution in [0.4, 0.5) is 4.79 Å². The van der Waals surface area contributed by atoms with Gasteiger partial charge < -0.3 is 16.0 Å². The Balaban J connectivity index is 1.36. The minimum Gasteiger partial charge on any atom is -0.352 e. The van der Waals surface area contributed by atoms with Crippen LogP contribution in [0, 0.1) is 11.8 Å². The van der Waals surface area contributed by atoms with Gasteiger partial charge in [-0.2, -0.15) is 0 Å². The van der Waals surface area contributed by atoms with Gasteiger partial charge in [-0.15, -0.1) is 0 Å². The van der Waals surface area contributed by atoms with E-state index in [1.54, 1.807) is 9.80 Å². The van der Waals surface area contributed by atoms with E-state index >= 15 is 0 Å². The van der Waals surface area contributed by atoms with Gasteiger partial charge in [-0.3, -0.25) is 14.5 Å². The van der Waals surface area contributed by atoms with Crippen LogP contribution in [0.15, 0.2) is 12.2 Å². The Labute approximate surface area is 275 Å². The molecular formula is C38H68N4O3. The first-order valence-electron chi connectivity index (χ1n) is 19.2. The Kier molecular flexibility index (Phi) is 17.6. The van der Waals surface area contributed by atoms with Gasteiger partial charge in [-0.25, -0.2) is 4.79 Å². The van der Waals surface area contributed by atoms with Crippen LogP contribution in [0.1, 0.15) is 168 Å². The average Bonchev–Trinajstić information content (AvgIpc) is 3.31. The molecule has 4 atom stereocenters. The van der Waals surface area contributed by atoms with Crippen LogP contribution in [0.25, 0.3) is 0 Å². The molecule has 4 amide bonds. The summed E-state index contributed by atoms with van der Waals surface area (Å²) in [4.78, 5) is 43.4. The number of rotatable bonds is 24. The number of nitrogens with zero attached hydrogens (tertiary/aromatic N) is 2. The second kappa shape index (κ2) is 21.1. The summed E-state index contributed by atoms with van der Waals surface area (Å²) in [6.07, 6.45) is 31.6. The third-order valence-corrected chi connectivity index (χ3v) is 10.9. The predicted octanol–water partition coefficient (Wildman–Crippen LogP) is 8.65. The van der Waals surface area contributed by atoms with Crippen LogP contribution >= 0.6 is 0 Å². The number of carbonyl (C=O) groups excluding carboxylic acids is 3. The molecule has 7 heteroatoms. The van der Waals surface area contributed by atoms with Gasteiger partial charge in [0.2, 0.25) is 5.91 Å². The van der Waals surface area contributed by atoms with Crippen molar-refractivity contribution in [3.8, 4) is 0 Å². The van der Waals surface area contributed by atoms with Crippen molar-refractivity contribution < 1.29 is 14.4 Å². The monoisotopic (exact) mass is 629 g/mol. The topological polar surface area (TPSA) is 95.7 Å². The number of hydrogen-bond acceptors (Lipinski definition) is 4. The van der Waals surface area contributed by atoms with Gasteiger partial charge in [0.15, 0.2) is 0 Å². The van der Waals surface area contributed by atoms with Gasteiger partial charge in [0.05, 0.1) is 5.54 Å². The van der Waals surface area contributed by atoms with E-state index in [1.165, 1.54) is 89.9 Å². The van der Waals surface area contributed by atoms with Crippen molar-refractivity contribution in [2.24, 2.45) is 17.6 Å². The molecular weight excluding hydrogens is 560 g/mol. The van der Waals surface area contributed by atoms with Crippen LogP contribution < -0.4 is 11.1 Å². The first-order valence-corrected chi connectivity index (χ1v) is 19.2. The Morgan fingerprint density at radius 1 is 0.889 bits per heavy atom. The number of unbranched alkanes of at least 4 members (excludes halogenated alkanes) is 12. The average molecular weight is 629 g/mol. The largest absolute Gasteiger partial charge is 0.352 e. The molecule has 258 valence electrons. The van der Waals surface area contributed by atoms with E-state index in [0.29, 0.717) is 31.3 Å². The number of carbonyl (C=O) groups is 3. The van der Waals surface area contributed by atoms with Crippen LogP contribution in [0.2, 0.25) is 0 Å². The third-order valence-electron chi connectivity index (χ3n) is 10.9. The van der Waals surface area contributed by atoms with Gasteiger partial charge in [-0.05, 0) is 89.0 Å².